The highest BCUT2D eigenvalue weighted by Crippen LogP contribution is 2.05. The van der Waals surface area contributed by atoms with Gasteiger partial charge < -0.3 is 5.73 Å². The van der Waals surface area contributed by atoms with E-state index < -0.39 is 0 Å². The van der Waals surface area contributed by atoms with Gasteiger partial charge in [-0.2, -0.15) is 0 Å². The molecule has 0 radical (unpaired) electrons. The number of nitrogens with two attached hydrogens (primary N) is 1. The van der Waals surface area contributed by atoms with Crippen LogP contribution in [-0.2, 0) is 6.54 Å². The normalized spacial score (nSPS) is 9.83. The van der Waals surface area contributed by atoms with Crippen molar-refractivity contribution < 1.29 is 4.79 Å². The standard InChI is InChI=1S/C9H10BrNO/c10-5-9(12)8-3-1-7(6-11)2-4-8/h1-4H,5-6,11H2. The largest absolute Gasteiger partial charge is 0.326 e. The molecule has 0 bridgehead atoms. The molecule has 0 heterocycles. The van der Waals surface area contributed by atoms with Crippen LogP contribution in [-0.4, -0.2) is 11.1 Å². The van der Waals surface area contributed by atoms with E-state index in [0.717, 1.165) is 11.1 Å². The number of carbonyl (C=O) groups is 1. The van der Waals surface area contributed by atoms with Crippen LogP contribution >= 0.6 is 15.9 Å². The maximum atomic E-state index is 11.1. The molecule has 0 aliphatic heterocycles. The van der Waals surface area contributed by atoms with Gasteiger partial charge in [0, 0.05) is 12.1 Å². The van der Waals surface area contributed by atoms with Crippen molar-refractivity contribution in [3.05, 3.63) is 35.4 Å². The quantitative estimate of drug-likeness (QED) is 0.632. The second-order valence-corrected chi connectivity index (χ2v) is 3.02. The summed E-state index contributed by atoms with van der Waals surface area (Å²) in [6.45, 7) is 0.517. The number of hydrogen-bond acceptors (Lipinski definition) is 2. The molecule has 0 aromatic heterocycles. The summed E-state index contributed by atoms with van der Waals surface area (Å²) in [7, 11) is 0. The first-order valence-corrected chi connectivity index (χ1v) is 4.78. The van der Waals surface area contributed by atoms with E-state index in [9.17, 15) is 4.79 Å². The fraction of sp³-hybridized carbons (Fsp3) is 0.222. The molecule has 0 saturated heterocycles. The van der Waals surface area contributed by atoms with Gasteiger partial charge in [0.1, 0.15) is 0 Å². The number of ketones is 1. The minimum absolute atomic E-state index is 0.0959. The number of Topliss-reactive ketones (excluding diaryl/α,β-unsaturated/α-hetero) is 1. The summed E-state index contributed by atoms with van der Waals surface area (Å²) in [5, 5.41) is 0.370. The van der Waals surface area contributed by atoms with Crippen LogP contribution in [0.1, 0.15) is 15.9 Å². The molecule has 12 heavy (non-hydrogen) atoms. The summed E-state index contributed by atoms with van der Waals surface area (Å²) in [6.07, 6.45) is 0. The van der Waals surface area contributed by atoms with Crippen molar-refractivity contribution in [2.75, 3.05) is 5.33 Å². The molecule has 1 rings (SSSR count). The zero-order chi connectivity index (χ0) is 8.97. The summed E-state index contributed by atoms with van der Waals surface area (Å²) in [5.74, 6) is 0.0959. The molecular formula is C9H10BrNO. The smallest absolute Gasteiger partial charge is 0.173 e. The van der Waals surface area contributed by atoms with Gasteiger partial charge in [0.2, 0.25) is 0 Å². The van der Waals surface area contributed by atoms with Crippen molar-refractivity contribution in [1.82, 2.24) is 0 Å². The first kappa shape index (κ1) is 9.42. The van der Waals surface area contributed by atoms with E-state index in [1.54, 1.807) is 12.1 Å². The Bertz CT molecular complexity index is 268. The third-order valence-corrected chi connectivity index (χ3v) is 2.14. The Labute approximate surface area is 79.9 Å². The maximum Gasteiger partial charge on any atom is 0.173 e. The summed E-state index contributed by atoms with van der Waals surface area (Å²) < 4.78 is 0. The lowest BCUT2D eigenvalue weighted by molar-refractivity contribution is 0.102. The zero-order valence-corrected chi connectivity index (χ0v) is 8.17. The van der Waals surface area contributed by atoms with Crippen molar-refractivity contribution in [3.8, 4) is 0 Å². The van der Waals surface area contributed by atoms with Crippen LogP contribution in [0.25, 0.3) is 0 Å². The van der Waals surface area contributed by atoms with E-state index in [2.05, 4.69) is 15.9 Å². The summed E-state index contributed by atoms with van der Waals surface area (Å²) in [6, 6.07) is 7.34. The number of rotatable bonds is 3. The average molecular weight is 228 g/mol. The lowest BCUT2D eigenvalue weighted by Gasteiger charge is -1.98. The van der Waals surface area contributed by atoms with Gasteiger partial charge in [-0.15, -0.1) is 0 Å². The Hall–Kier alpha value is -0.670. The van der Waals surface area contributed by atoms with E-state index in [4.69, 9.17) is 5.73 Å². The summed E-state index contributed by atoms with van der Waals surface area (Å²) >= 11 is 3.11. The van der Waals surface area contributed by atoms with Gasteiger partial charge in [-0.05, 0) is 5.56 Å². The minimum Gasteiger partial charge on any atom is -0.326 e. The van der Waals surface area contributed by atoms with Crippen molar-refractivity contribution in [2.24, 2.45) is 5.73 Å². The second-order valence-electron chi connectivity index (χ2n) is 2.46. The molecule has 0 aliphatic carbocycles. The van der Waals surface area contributed by atoms with Crippen LogP contribution in [0.4, 0.5) is 0 Å². The van der Waals surface area contributed by atoms with Crippen LogP contribution in [0.2, 0.25) is 0 Å². The molecule has 2 N–H and O–H groups in total. The number of benzene rings is 1. The third kappa shape index (κ3) is 2.16. The molecule has 1 aromatic carbocycles. The Morgan fingerprint density at radius 3 is 2.33 bits per heavy atom. The van der Waals surface area contributed by atoms with E-state index in [1.807, 2.05) is 12.1 Å². The molecule has 64 valence electrons. The zero-order valence-electron chi connectivity index (χ0n) is 6.59. The minimum atomic E-state index is 0.0959. The Morgan fingerprint density at radius 2 is 1.92 bits per heavy atom. The molecule has 0 aliphatic rings. The van der Waals surface area contributed by atoms with E-state index >= 15 is 0 Å². The fourth-order valence-corrected chi connectivity index (χ4v) is 1.23. The lowest BCUT2D eigenvalue weighted by Crippen LogP contribution is -2.01. The van der Waals surface area contributed by atoms with E-state index in [1.165, 1.54) is 0 Å². The predicted octanol–water partition coefficient (Wildman–Crippen LogP) is 1.72. The van der Waals surface area contributed by atoms with Gasteiger partial charge in [0.15, 0.2) is 5.78 Å². The first-order valence-electron chi connectivity index (χ1n) is 3.66. The molecular weight excluding hydrogens is 218 g/mol. The van der Waals surface area contributed by atoms with Crippen LogP contribution in [0.3, 0.4) is 0 Å². The number of alkyl halides is 1. The van der Waals surface area contributed by atoms with Crippen molar-refractivity contribution in [1.29, 1.82) is 0 Å². The molecule has 0 fully saturated rings. The molecule has 2 nitrogen and oxygen atoms in total. The number of hydrogen-bond donors (Lipinski definition) is 1. The second kappa shape index (κ2) is 4.38. The van der Waals surface area contributed by atoms with Crippen LogP contribution in [0, 0.1) is 0 Å². The molecule has 0 atom stereocenters. The lowest BCUT2D eigenvalue weighted by atomic mass is 10.1. The molecule has 1 aromatic rings. The Balaban J connectivity index is 2.84. The monoisotopic (exact) mass is 227 g/mol. The topological polar surface area (TPSA) is 43.1 Å². The molecule has 0 spiro atoms. The van der Waals surface area contributed by atoms with Crippen LogP contribution in [0.5, 0.6) is 0 Å². The van der Waals surface area contributed by atoms with Gasteiger partial charge >= 0.3 is 0 Å². The highest BCUT2D eigenvalue weighted by molar-refractivity contribution is 9.09. The third-order valence-electron chi connectivity index (χ3n) is 1.63. The van der Waals surface area contributed by atoms with Gasteiger partial charge in [0.25, 0.3) is 0 Å². The molecule has 0 unspecified atom stereocenters. The van der Waals surface area contributed by atoms with Crippen molar-refractivity contribution in [2.45, 2.75) is 6.54 Å². The SMILES string of the molecule is NCc1ccc(C(=O)CBr)cc1. The van der Waals surface area contributed by atoms with Crippen LogP contribution < -0.4 is 5.73 Å². The highest BCUT2D eigenvalue weighted by atomic mass is 79.9. The number of carbonyl (C=O) groups excluding carboxylic acids is 1. The Kier molecular flexibility index (Phi) is 3.44. The van der Waals surface area contributed by atoms with E-state index in [0.29, 0.717) is 11.9 Å². The number of halogens is 1. The van der Waals surface area contributed by atoms with Crippen molar-refractivity contribution >= 4 is 21.7 Å². The fourth-order valence-electron chi connectivity index (χ4n) is 0.904. The average Bonchev–Trinajstić information content (AvgIpc) is 2.17. The Morgan fingerprint density at radius 1 is 1.33 bits per heavy atom. The molecule has 0 amide bonds. The maximum absolute atomic E-state index is 11.1. The van der Waals surface area contributed by atoms with Gasteiger partial charge in [0.05, 0.1) is 5.33 Å². The predicted molar refractivity (Wildman–Crippen MR) is 52.5 cm³/mol. The highest BCUT2D eigenvalue weighted by Gasteiger charge is 2.01. The summed E-state index contributed by atoms with van der Waals surface area (Å²) in [5.41, 5.74) is 7.18. The van der Waals surface area contributed by atoms with Gasteiger partial charge in [-0.25, -0.2) is 0 Å². The van der Waals surface area contributed by atoms with Gasteiger partial charge in [-0.3, -0.25) is 4.79 Å². The van der Waals surface area contributed by atoms with Crippen LogP contribution in [0.15, 0.2) is 24.3 Å². The first-order chi connectivity index (χ1) is 5.77. The van der Waals surface area contributed by atoms with Crippen molar-refractivity contribution in [3.63, 3.8) is 0 Å². The van der Waals surface area contributed by atoms with Gasteiger partial charge in [-0.1, -0.05) is 40.2 Å². The molecule has 3 heteroatoms. The van der Waals surface area contributed by atoms with E-state index in [-0.39, 0.29) is 5.78 Å². The summed E-state index contributed by atoms with van der Waals surface area (Å²) in [4.78, 5) is 11.1. The molecule has 0 saturated carbocycles.